The molecule has 0 aliphatic carbocycles. The highest BCUT2D eigenvalue weighted by atomic mass is 19.2. The number of rotatable bonds is 3. The largest absolute Gasteiger partial charge is 0.371 e. The molecule has 2 aliphatic rings. The summed E-state index contributed by atoms with van der Waals surface area (Å²) in [5.74, 6) is 0. The Labute approximate surface area is 97.0 Å². The van der Waals surface area contributed by atoms with E-state index in [-0.39, 0.29) is 12.6 Å². The molecule has 2 unspecified atom stereocenters. The molecule has 2 aliphatic heterocycles. The molecule has 2 heterocycles. The summed E-state index contributed by atoms with van der Waals surface area (Å²) in [5, 5.41) is 1.18. The third-order valence-electron chi connectivity index (χ3n) is 2.75. The van der Waals surface area contributed by atoms with Gasteiger partial charge in [-0.05, 0) is 10.8 Å². The van der Waals surface area contributed by atoms with Crippen molar-refractivity contribution in [3.63, 3.8) is 0 Å². The molecule has 17 heavy (non-hydrogen) atoms. The van der Waals surface area contributed by atoms with E-state index in [1.165, 1.54) is 0 Å². The van der Waals surface area contributed by atoms with Crippen LogP contribution in [-0.2, 0) is 4.74 Å². The van der Waals surface area contributed by atoms with Crippen molar-refractivity contribution in [1.29, 1.82) is 0 Å². The molecular weight excluding hydrogens is 228 g/mol. The van der Waals surface area contributed by atoms with Gasteiger partial charge in [-0.3, -0.25) is 0 Å². The van der Waals surface area contributed by atoms with Gasteiger partial charge >= 0.3 is 0 Å². The molecule has 1 aromatic rings. The van der Waals surface area contributed by atoms with Gasteiger partial charge in [-0.2, -0.15) is 4.39 Å². The van der Waals surface area contributed by atoms with Crippen LogP contribution in [-0.4, -0.2) is 35.6 Å². The Hall–Kier alpha value is -1.53. The highest BCUT2D eigenvalue weighted by molar-refractivity contribution is 5.73. The number of hydrazine groups is 1. The zero-order valence-electron chi connectivity index (χ0n) is 8.96. The first-order valence-corrected chi connectivity index (χ1v) is 5.38. The van der Waals surface area contributed by atoms with E-state index in [4.69, 9.17) is 4.74 Å². The number of amidine groups is 1. The summed E-state index contributed by atoms with van der Waals surface area (Å²) in [6.45, 7) is 0.711. The Morgan fingerprint density at radius 1 is 1.35 bits per heavy atom. The maximum Gasteiger partial charge on any atom is 0.299 e. The third-order valence-corrected chi connectivity index (χ3v) is 2.75. The van der Waals surface area contributed by atoms with Gasteiger partial charge in [-0.1, -0.05) is 30.3 Å². The summed E-state index contributed by atoms with van der Waals surface area (Å²) in [6, 6.07) is 8.78. The smallest absolute Gasteiger partial charge is 0.299 e. The standard InChI is InChI=1S/C11H11F2N3O/c12-11-14-10(8-4-2-1-3-5-8)16(13)15(11)6-9-7-17-9/h1-5,9-10H,6-7H2. The molecule has 2 atom stereocenters. The zero-order chi connectivity index (χ0) is 11.8. The first kappa shape index (κ1) is 10.6. The van der Waals surface area contributed by atoms with Crippen LogP contribution < -0.4 is 0 Å². The Bertz CT molecular complexity index is 436. The fourth-order valence-corrected chi connectivity index (χ4v) is 1.77. The number of halogens is 2. The minimum atomic E-state index is -0.935. The van der Waals surface area contributed by atoms with Crippen molar-refractivity contribution in [2.45, 2.75) is 12.3 Å². The molecule has 0 N–H and O–H groups in total. The summed E-state index contributed by atoms with van der Waals surface area (Å²) in [5.41, 5.74) is 0.615. The van der Waals surface area contributed by atoms with Crippen LogP contribution in [0.1, 0.15) is 11.7 Å². The minimum Gasteiger partial charge on any atom is -0.371 e. The van der Waals surface area contributed by atoms with Crippen LogP contribution in [0.5, 0.6) is 0 Å². The second-order valence-electron chi connectivity index (χ2n) is 4.01. The third kappa shape index (κ3) is 2.01. The van der Waals surface area contributed by atoms with Crippen molar-refractivity contribution in [2.75, 3.05) is 13.2 Å². The van der Waals surface area contributed by atoms with Gasteiger partial charge in [0.15, 0.2) is 6.17 Å². The van der Waals surface area contributed by atoms with Crippen LogP contribution in [0.4, 0.5) is 8.87 Å². The fraction of sp³-hybridized carbons (Fsp3) is 0.364. The van der Waals surface area contributed by atoms with E-state index in [1.807, 2.05) is 6.07 Å². The van der Waals surface area contributed by atoms with E-state index in [1.54, 1.807) is 24.3 Å². The number of nitrogens with zero attached hydrogens (tertiary/aromatic N) is 3. The Morgan fingerprint density at radius 3 is 2.71 bits per heavy atom. The van der Waals surface area contributed by atoms with Crippen LogP contribution >= 0.6 is 0 Å². The Balaban J connectivity index is 1.79. The lowest BCUT2D eigenvalue weighted by Crippen LogP contribution is -2.38. The molecule has 4 nitrogen and oxygen atoms in total. The molecule has 0 spiro atoms. The normalized spacial score (nSPS) is 28.4. The van der Waals surface area contributed by atoms with Crippen LogP contribution in [0.15, 0.2) is 35.3 Å². The molecule has 0 saturated carbocycles. The lowest BCUT2D eigenvalue weighted by Gasteiger charge is -2.22. The Morgan fingerprint density at radius 2 is 2.06 bits per heavy atom. The van der Waals surface area contributed by atoms with Gasteiger partial charge in [0.05, 0.1) is 13.2 Å². The molecule has 90 valence electrons. The van der Waals surface area contributed by atoms with Gasteiger partial charge in [0.1, 0.15) is 6.10 Å². The number of benzene rings is 1. The molecule has 1 fully saturated rings. The first-order valence-electron chi connectivity index (χ1n) is 5.38. The average molecular weight is 239 g/mol. The number of aliphatic imine (C=N–C) groups is 1. The summed E-state index contributed by atoms with van der Waals surface area (Å²) < 4.78 is 32.4. The number of hydrogen-bond acceptors (Lipinski definition) is 4. The molecule has 0 bridgehead atoms. The zero-order valence-corrected chi connectivity index (χ0v) is 8.96. The van der Waals surface area contributed by atoms with E-state index in [9.17, 15) is 8.87 Å². The van der Waals surface area contributed by atoms with Crippen molar-refractivity contribution in [3.8, 4) is 0 Å². The summed E-state index contributed by atoms with van der Waals surface area (Å²) in [6.07, 6.45) is -1.84. The molecule has 1 saturated heterocycles. The lowest BCUT2D eigenvalue weighted by molar-refractivity contribution is -0.150. The minimum absolute atomic E-state index is 0.0938. The predicted molar refractivity (Wildman–Crippen MR) is 57.1 cm³/mol. The van der Waals surface area contributed by atoms with Crippen molar-refractivity contribution in [2.24, 2.45) is 4.99 Å². The van der Waals surface area contributed by atoms with Crippen LogP contribution in [0.2, 0.25) is 0 Å². The van der Waals surface area contributed by atoms with Crippen LogP contribution in [0, 0.1) is 0 Å². The molecule has 0 amide bonds. The molecule has 0 radical (unpaired) electrons. The van der Waals surface area contributed by atoms with E-state index in [0.717, 1.165) is 5.01 Å². The van der Waals surface area contributed by atoms with E-state index < -0.39 is 12.3 Å². The maximum atomic E-state index is 13.9. The van der Waals surface area contributed by atoms with E-state index in [2.05, 4.69) is 4.99 Å². The molecule has 1 aromatic carbocycles. The average Bonchev–Trinajstić information content (AvgIpc) is 3.12. The molecule has 6 heteroatoms. The lowest BCUT2D eigenvalue weighted by atomic mass is 10.2. The topological polar surface area (TPSA) is 31.4 Å². The molecular formula is C11H11F2N3O. The van der Waals surface area contributed by atoms with Gasteiger partial charge in [0.2, 0.25) is 0 Å². The Kier molecular flexibility index (Phi) is 2.53. The highest BCUT2D eigenvalue weighted by Gasteiger charge is 2.39. The van der Waals surface area contributed by atoms with E-state index >= 15 is 0 Å². The molecule has 3 rings (SSSR count). The van der Waals surface area contributed by atoms with Gasteiger partial charge in [0.25, 0.3) is 6.09 Å². The highest BCUT2D eigenvalue weighted by Crippen LogP contribution is 2.31. The second kappa shape index (κ2) is 4.05. The number of hydrogen-bond donors (Lipinski definition) is 0. The van der Waals surface area contributed by atoms with Gasteiger partial charge in [0, 0.05) is 0 Å². The van der Waals surface area contributed by atoms with Gasteiger partial charge in [-0.15, -0.1) is 4.48 Å². The van der Waals surface area contributed by atoms with Gasteiger partial charge < -0.3 is 4.74 Å². The van der Waals surface area contributed by atoms with Crippen LogP contribution in [0.25, 0.3) is 0 Å². The quantitative estimate of drug-likeness (QED) is 0.458. The fourth-order valence-electron chi connectivity index (χ4n) is 1.77. The summed E-state index contributed by atoms with van der Waals surface area (Å²) in [7, 11) is 0. The van der Waals surface area contributed by atoms with Gasteiger partial charge in [-0.25, -0.2) is 10.0 Å². The summed E-state index contributed by atoms with van der Waals surface area (Å²) >= 11 is 0. The van der Waals surface area contributed by atoms with Crippen LogP contribution in [0.3, 0.4) is 0 Å². The number of epoxide rings is 1. The van der Waals surface area contributed by atoms with Crippen molar-refractivity contribution < 1.29 is 13.6 Å². The van der Waals surface area contributed by atoms with Crippen molar-refractivity contribution in [3.05, 3.63) is 35.9 Å². The second-order valence-corrected chi connectivity index (χ2v) is 4.01. The predicted octanol–water partition coefficient (Wildman–Crippen LogP) is 1.83. The SMILES string of the molecule is FC1=NC(c2ccccc2)N(F)N1CC1CO1. The molecule has 0 aromatic heterocycles. The number of ether oxygens (including phenoxy) is 1. The van der Waals surface area contributed by atoms with Crippen molar-refractivity contribution >= 4 is 6.09 Å². The monoisotopic (exact) mass is 239 g/mol. The van der Waals surface area contributed by atoms with E-state index in [0.29, 0.717) is 17.4 Å². The summed E-state index contributed by atoms with van der Waals surface area (Å²) in [4.78, 5) is 3.67. The van der Waals surface area contributed by atoms with Crippen molar-refractivity contribution in [1.82, 2.24) is 10.2 Å². The maximum absolute atomic E-state index is 13.9. The first-order chi connectivity index (χ1) is 8.25.